The molecular weight excluding hydrogens is 240 g/mol. The molecule has 1 aliphatic rings. The van der Waals surface area contributed by atoms with Gasteiger partial charge < -0.3 is 5.32 Å². The minimum Gasteiger partial charge on any atom is -0.314 e. The molecule has 0 aromatic carbocycles. The molecule has 0 amide bonds. The molecule has 0 spiro atoms. The fourth-order valence-corrected chi connectivity index (χ4v) is 3.35. The Morgan fingerprint density at radius 3 is 2.67 bits per heavy atom. The Morgan fingerprint density at radius 2 is 2.17 bits per heavy atom. The Labute approximate surface area is 115 Å². The standard InChI is InChI=1S/C15H26N2S/c1-5-16-12(8-11-6-7-11)9-14-17-13(10-18-14)15(2,3)4/h10-12,16H,5-9H2,1-4H3. The van der Waals surface area contributed by atoms with Crippen LogP contribution in [0.5, 0.6) is 0 Å². The van der Waals surface area contributed by atoms with Gasteiger partial charge in [0.05, 0.1) is 10.7 Å². The van der Waals surface area contributed by atoms with Crippen LogP contribution in [0.4, 0.5) is 0 Å². The van der Waals surface area contributed by atoms with Crippen molar-refractivity contribution in [3.63, 3.8) is 0 Å². The first kappa shape index (κ1) is 14.0. The van der Waals surface area contributed by atoms with Crippen LogP contribution in [0.25, 0.3) is 0 Å². The Hall–Kier alpha value is -0.410. The number of nitrogens with one attached hydrogen (secondary N) is 1. The zero-order chi connectivity index (χ0) is 13.2. The minimum absolute atomic E-state index is 0.179. The lowest BCUT2D eigenvalue weighted by molar-refractivity contribution is 0.464. The van der Waals surface area contributed by atoms with E-state index in [0.717, 1.165) is 18.9 Å². The van der Waals surface area contributed by atoms with E-state index < -0.39 is 0 Å². The summed E-state index contributed by atoms with van der Waals surface area (Å²) in [5.74, 6) is 0.982. The van der Waals surface area contributed by atoms with Crippen molar-refractivity contribution in [3.05, 3.63) is 16.1 Å². The van der Waals surface area contributed by atoms with Crippen LogP contribution in [-0.2, 0) is 11.8 Å². The van der Waals surface area contributed by atoms with Crippen LogP contribution in [0, 0.1) is 5.92 Å². The molecule has 1 atom stereocenters. The Morgan fingerprint density at radius 1 is 1.44 bits per heavy atom. The van der Waals surface area contributed by atoms with Gasteiger partial charge in [-0.3, -0.25) is 0 Å². The van der Waals surface area contributed by atoms with Crippen molar-refractivity contribution >= 4 is 11.3 Å². The third-order valence-electron chi connectivity index (χ3n) is 3.55. The number of nitrogens with zero attached hydrogens (tertiary/aromatic N) is 1. The lowest BCUT2D eigenvalue weighted by atomic mass is 9.93. The summed E-state index contributed by atoms with van der Waals surface area (Å²) in [5.41, 5.74) is 1.42. The Bertz CT molecular complexity index is 374. The summed E-state index contributed by atoms with van der Waals surface area (Å²) in [4.78, 5) is 4.81. The molecule has 102 valence electrons. The quantitative estimate of drug-likeness (QED) is 0.848. The number of hydrogen-bond donors (Lipinski definition) is 1. The molecule has 1 aromatic rings. The molecule has 1 heterocycles. The lowest BCUT2D eigenvalue weighted by Crippen LogP contribution is -2.31. The van der Waals surface area contributed by atoms with Crippen LogP contribution in [-0.4, -0.2) is 17.6 Å². The van der Waals surface area contributed by atoms with Crippen molar-refractivity contribution in [2.45, 2.75) is 64.8 Å². The van der Waals surface area contributed by atoms with Gasteiger partial charge in [-0.1, -0.05) is 40.5 Å². The highest BCUT2D eigenvalue weighted by molar-refractivity contribution is 7.09. The summed E-state index contributed by atoms with van der Waals surface area (Å²) >= 11 is 1.83. The number of aromatic nitrogens is 1. The second-order valence-electron chi connectivity index (χ2n) is 6.51. The smallest absolute Gasteiger partial charge is 0.0944 e. The van der Waals surface area contributed by atoms with E-state index in [9.17, 15) is 0 Å². The van der Waals surface area contributed by atoms with Gasteiger partial charge in [-0.05, 0) is 18.9 Å². The molecule has 0 saturated heterocycles. The van der Waals surface area contributed by atoms with E-state index in [1.54, 1.807) is 0 Å². The van der Waals surface area contributed by atoms with Crippen LogP contribution in [0.2, 0.25) is 0 Å². The second-order valence-corrected chi connectivity index (χ2v) is 7.46. The largest absolute Gasteiger partial charge is 0.314 e. The summed E-state index contributed by atoms with van der Waals surface area (Å²) in [7, 11) is 0. The van der Waals surface area contributed by atoms with Crippen LogP contribution >= 0.6 is 11.3 Å². The molecular formula is C15H26N2S. The van der Waals surface area contributed by atoms with E-state index >= 15 is 0 Å². The minimum atomic E-state index is 0.179. The molecule has 2 rings (SSSR count). The molecule has 2 nitrogen and oxygen atoms in total. The predicted molar refractivity (Wildman–Crippen MR) is 79.3 cm³/mol. The van der Waals surface area contributed by atoms with E-state index in [-0.39, 0.29) is 5.41 Å². The highest BCUT2D eigenvalue weighted by Gasteiger charge is 2.26. The lowest BCUT2D eigenvalue weighted by Gasteiger charge is -2.17. The topological polar surface area (TPSA) is 24.9 Å². The SMILES string of the molecule is CCNC(Cc1nc(C(C)(C)C)cs1)CC1CC1. The van der Waals surface area contributed by atoms with E-state index in [1.165, 1.54) is 30.0 Å². The van der Waals surface area contributed by atoms with Crippen molar-refractivity contribution in [1.82, 2.24) is 10.3 Å². The fourth-order valence-electron chi connectivity index (χ4n) is 2.24. The van der Waals surface area contributed by atoms with Crippen molar-refractivity contribution < 1.29 is 0 Å². The second kappa shape index (κ2) is 5.70. The van der Waals surface area contributed by atoms with Gasteiger partial charge >= 0.3 is 0 Å². The van der Waals surface area contributed by atoms with Gasteiger partial charge in [-0.15, -0.1) is 11.3 Å². The van der Waals surface area contributed by atoms with E-state index in [2.05, 4.69) is 38.4 Å². The normalized spacial score (nSPS) is 18.0. The summed E-state index contributed by atoms with van der Waals surface area (Å²) in [6, 6.07) is 0.626. The first-order chi connectivity index (χ1) is 8.49. The zero-order valence-electron chi connectivity index (χ0n) is 12.1. The monoisotopic (exact) mass is 266 g/mol. The average molecular weight is 266 g/mol. The molecule has 1 aliphatic carbocycles. The van der Waals surface area contributed by atoms with Crippen LogP contribution in [0.15, 0.2) is 5.38 Å². The van der Waals surface area contributed by atoms with Crippen LogP contribution < -0.4 is 5.32 Å². The average Bonchev–Trinajstić information content (AvgIpc) is 2.93. The van der Waals surface area contributed by atoms with Gasteiger partial charge in [-0.25, -0.2) is 4.98 Å². The van der Waals surface area contributed by atoms with E-state index in [1.807, 2.05) is 11.3 Å². The van der Waals surface area contributed by atoms with Gasteiger partial charge in [0.1, 0.15) is 0 Å². The van der Waals surface area contributed by atoms with Crippen LogP contribution in [0.3, 0.4) is 0 Å². The van der Waals surface area contributed by atoms with Crippen molar-refractivity contribution in [2.75, 3.05) is 6.54 Å². The maximum absolute atomic E-state index is 4.81. The Kier molecular flexibility index (Phi) is 4.44. The van der Waals surface area contributed by atoms with Gasteiger partial charge in [0, 0.05) is 23.3 Å². The summed E-state index contributed by atoms with van der Waals surface area (Å²) in [5, 5.41) is 7.15. The fraction of sp³-hybridized carbons (Fsp3) is 0.800. The van der Waals surface area contributed by atoms with Gasteiger partial charge in [-0.2, -0.15) is 0 Å². The molecule has 1 fully saturated rings. The van der Waals surface area contributed by atoms with E-state index in [0.29, 0.717) is 6.04 Å². The molecule has 0 aliphatic heterocycles. The number of likely N-dealkylation sites (N-methyl/N-ethyl adjacent to an activating group) is 1. The Balaban J connectivity index is 1.94. The predicted octanol–water partition coefficient (Wildman–Crippen LogP) is 3.76. The number of hydrogen-bond acceptors (Lipinski definition) is 3. The molecule has 1 saturated carbocycles. The number of thiazole rings is 1. The third kappa shape index (κ3) is 4.06. The van der Waals surface area contributed by atoms with Gasteiger partial charge in [0.2, 0.25) is 0 Å². The molecule has 18 heavy (non-hydrogen) atoms. The van der Waals surface area contributed by atoms with Gasteiger partial charge in [0.15, 0.2) is 0 Å². The van der Waals surface area contributed by atoms with Crippen molar-refractivity contribution in [1.29, 1.82) is 0 Å². The highest BCUT2D eigenvalue weighted by Crippen LogP contribution is 2.34. The molecule has 3 heteroatoms. The summed E-state index contributed by atoms with van der Waals surface area (Å²) in [6.07, 6.45) is 5.31. The zero-order valence-corrected chi connectivity index (χ0v) is 12.9. The summed E-state index contributed by atoms with van der Waals surface area (Å²) in [6.45, 7) is 9.96. The van der Waals surface area contributed by atoms with Crippen molar-refractivity contribution in [2.24, 2.45) is 5.92 Å². The highest BCUT2D eigenvalue weighted by atomic mass is 32.1. The molecule has 0 radical (unpaired) electrons. The number of rotatable bonds is 6. The summed E-state index contributed by atoms with van der Waals surface area (Å²) < 4.78 is 0. The molecule has 0 bridgehead atoms. The molecule has 1 unspecified atom stereocenters. The maximum Gasteiger partial charge on any atom is 0.0944 e. The van der Waals surface area contributed by atoms with Gasteiger partial charge in [0.25, 0.3) is 0 Å². The first-order valence-corrected chi connectivity index (χ1v) is 8.05. The molecule has 1 N–H and O–H groups in total. The first-order valence-electron chi connectivity index (χ1n) is 7.17. The van der Waals surface area contributed by atoms with Crippen LogP contribution in [0.1, 0.15) is 57.7 Å². The molecule has 1 aromatic heterocycles. The van der Waals surface area contributed by atoms with Crippen molar-refractivity contribution in [3.8, 4) is 0 Å². The van der Waals surface area contributed by atoms with E-state index in [4.69, 9.17) is 4.98 Å². The maximum atomic E-state index is 4.81. The third-order valence-corrected chi connectivity index (χ3v) is 4.42.